The van der Waals surface area contributed by atoms with Gasteiger partial charge in [0.2, 0.25) is 5.75 Å². The normalized spacial score (nSPS) is 18.6. The lowest BCUT2D eigenvalue weighted by Crippen LogP contribution is -2.29. The first-order valence-corrected chi connectivity index (χ1v) is 6.67. The molecule has 1 aliphatic rings. The SMILES string of the molecule is CC(C)C1CCN(C(=O)c2cccc([N+](=O)[O-])c2O)C1. The van der Waals surface area contributed by atoms with Crippen LogP contribution in [0.3, 0.4) is 0 Å². The molecular weight excluding hydrogens is 260 g/mol. The summed E-state index contributed by atoms with van der Waals surface area (Å²) >= 11 is 0. The van der Waals surface area contributed by atoms with E-state index in [0.29, 0.717) is 24.9 Å². The number of hydrogen-bond donors (Lipinski definition) is 1. The molecule has 1 atom stereocenters. The molecule has 0 aromatic heterocycles. The van der Waals surface area contributed by atoms with Gasteiger partial charge in [0.15, 0.2) is 0 Å². The molecule has 6 heteroatoms. The highest BCUT2D eigenvalue weighted by Crippen LogP contribution is 2.32. The zero-order chi connectivity index (χ0) is 14.9. The molecule has 1 saturated heterocycles. The average Bonchev–Trinajstić information content (AvgIpc) is 2.87. The molecule has 1 amide bonds. The fourth-order valence-electron chi connectivity index (χ4n) is 2.54. The van der Waals surface area contributed by atoms with E-state index in [1.54, 1.807) is 4.90 Å². The number of aromatic hydroxyl groups is 1. The number of nitro benzene ring substituents is 1. The number of phenols is 1. The standard InChI is InChI=1S/C14H18N2O4/c1-9(2)10-6-7-15(8-10)14(18)11-4-3-5-12(13(11)17)16(19)20/h3-5,9-10,17H,6-8H2,1-2H3. The molecule has 1 unspecified atom stereocenters. The van der Waals surface area contributed by atoms with E-state index in [-0.39, 0.29) is 11.5 Å². The monoisotopic (exact) mass is 278 g/mol. The minimum absolute atomic E-state index is 0.00334. The van der Waals surface area contributed by atoms with Gasteiger partial charge in [-0.2, -0.15) is 0 Å². The quantitative estimate of drug-likeness (QED) is 0.679. The van der Waals surface area contributed by atoms with Gasteiger partial charge in [-0.15, -0.1) is 0 Å². The van der Waals surface area contributed by atoms with Gasteiger partial charge in [0.1, 0.15) is 0 Å². The van der Waals surface area contributed by atoms with E-state index >= 15 is 0 Å². The third-order valence-corrected chi connectivity index (χ3v) is 3.90. The van der Waals surface area contributed by atoms with Crippen molar-refractivity contribution < 1.29 is 14.8 Å². The molecule has 2 rings (SSSR count). The van der Waals surface area contributed by atoms with Gasteiger partial charge >= 0.3 is 5.69 Å². The van der Waals surface area contributed by atoms with Gasteiger partial charge < -0.3 is 10.0 Å². The van der Waals surface area contributed by atoms with E-state index in [1.807, 2.05) is 0 Å². The van der Waals surface area contributed by atoms with Crippen molar-refractivity contribution in [3.05, 3.63) is 33.9 Å². The maximum absolute atomic E-state index is 12.4. The molecule has 1 aromatic rings. The van der Waals surface area contributed by atoms with E-state index in [2.05, 4.69) is 13.8 Å². The van der Waals surface area contributed by atoms with Crippen molar-refractivity contribution in [1.82, 2.24) is 4.90 Å². The zero-order valence-electron chi connectivity index (χ0n) is 11.6. The third-order valence-electron chi connectivity index (χ3n) is 3.90. The number of carbonyl (C=O) groups is 1. The maximum atomic E-state index is 12.4. The summed E-state index contributed by atoms with van der Waals surface area (Å²) in [6, 6.07) is 4.03. The summed E-state index contributed by atoms with van der Waals surface area (Å²) in [5, 5.41) is 20.7. The Kier molecular flexibility index (Phi) is 3.92. The number of benzene rings is 1. The number of carbonyl (C=O) groups excluding carboxylic acids is 1. The largest absolute Gasteiger partial charge is 0.502 e. The minimum atomic E-state index is -0.687. The summed E-state index contributed by atoms with van der Waals surface area (Å²) in [5.41, 5.74) is -0.431. The number of rotatable bonds is 3. The Bertz CT molecular complexity index is 542. The van der Waals surface area contributed by atoms with Crippen LogP contribution >= 0.6 is 0 Å². The van der Waals surface area contributed by atoms with Crippen molar-refractivity contribution >= 4 is 11.6 Å². The van der Waals surface area contributed by atoms with Crippen LogP contribution in [0.5, 0.6) is 5.75 Å². The van der Waals surface area contributed by atoms with E-state index in [0.717, 1.165) is 6.42 Å². The van der Waals surface area contributed by atoms with Crippen molar-refractivity contribution in [3.8, 4) is 5.75 Å². The average molecular weight is 278 g/mol. The summed E-state index contributed by atoms with van der Waals surface area (Å²) in [6.45, 7) is 5.50. The molecule has 0 radical (unpaired) electrons. The molecule has 1 heterocycles. The minimum Gasteiger partial charge on any atom is -0.502 e. The number of para-hydroxylation sites is 1. The van der Waals surface area contributed by atoms with Crippen LogP contribution in [0.2, 0.25) is 0 Å². The van der Waals surface area contributed by atoms with E-state index < -0.39 is 16.4 Å². The summed E-state index contributed by atoms with van der Waals surface area (Å²) in [5.74, 6) is 0.0520. The van der Waals surface area contributed by atoms with Crippen molar-refractivity contribution in [2.24, 2.45) is 11.8 Å². The van der Waals surface area contributed by atoms with Crippen LogP contribution in [0.25, 0.3) is 0 Å². The highest BCUT2D eigenvalue weighted by atomic mass is 16.6. The summed E-state index contributed by atoms with van der Waals surface area (Å²) in [7, 11) is 0. The molecule has 1 aliphatic heterocycles. The van der Waals surface area contributed by atoms with Gasteiger partial charge in [-0.1, -0.05) is 19.9 Å². The second-order valence-corrected chi connectivity index (χ2v) is 5.47. The lowest BCUT2D eigenvalue weighted by Gasteiger charge is -2.18. The first-order chi connectivity index (χ1) is 9.41. The number of hydrogen-bond acceptors (Lipinski definition) is 4. The molecule has 6 nitrogen and oxygen atoms in total. The van der Waals surface area contributed by atoms with Gasteiger partial charge in [0.05, 0.1) is 10.5 Å². The Morgan fingerprint density at radius 3 is 2.75 bits per heavy atom. The smallest absolute Gasteiger partial charge is 0.311 e. The molecule has 0 spiro atoms. The van der Waals surface area contributed by atoms with Crippen LogP contribution in [-0.4, -0.2) is 33.9 Å². The van der Waals surface area contributed by atoms with E-state index in [4.69, 9.17) is 0 Å². The van der Waals surface area contributed by atoms with E-state index in [1.165, 1.54) is 18.2 Å². The van der Waals surface area contributed by atoms with Crippen LogP contribution in [-0.2, 0) is 0 Å². The summed E-state index contributed by atoms with van der Waals surface area (Å²) in [4.78, 5) is 24.1. The Morgan fingerprint density at radius 1 is 1.50 bits per heavy atom. The number of nitro groups is 1. The lowest BCUT2D eigenvalue weighted by atomic mass is 9.95. The molecule has 0 bridgehead atoms. The number of amides is 1. The third kappa shape index (κ3) is 2.59. The zero-order valence-corrected chi connectivity index (χ0v) is 11.6. The van der Waals surface area contributed by atoms with Crippen LogP contribution < -0.4 is 0 Å². The second-order valence-electron chi connectivity index (χ2n) is 5.47. The molecule has 0 saturated carbocycles. The van der Waals surface area contributed by atoms with Crippen molar-refractivity contribution in [2.75, 3.05) is 13.1 Å². The Morgan fingerprint density at radius 2 is 2.20 bits per heavy atom. The van der Waals surface area contributed by atoms with E-state index in [9.17, 15) is 20.0 Å². The van der Waals surface area contributed by atoms with Crippen molar-refractivity contribution in [1.29, 1.82) is 0 Å². The first kappa shape index (κ1) is 14.3. The van der Waals surface area contributed by atoms with Gasteiger partial charge in [-0.25, -0.2) is 0 Å². The van der Waals surface area contributed by atoms with Gasteiger partial charge in [0.25, 0.3) is 5.91 Å². The topological polar surface area (TPSA) is 83.7 Å². The molecule has 1 N–H and O–H groups in total. The molecule has 20 heavy (non-hydrogen) atoms. The number of likely N-dealkylation sites (tertiary alicyclic amines) is 1. The van der Waals surface area contributed by atoms with Gasteiger partial charge in [-0.05, 0) is 24.3 Å². The van der Waals surface area contributed by atoms with Crippen molar-refractivity contribution in [2.45, 2.75) is 20.3 Å². The predicted octanol–water partition coefficient (Wildman–Crippen LogP) is 2.42. The van der Waals surface area contributed by atoms with Crippen molar-refractivity contribution in [3.63, 3.8) is 0 Å². The molecule has 0 aliphatic carbocycles. The highest BCUT2D eigenvalue weighted by molar-refractivity contribution is 5.98. The fourth-order valence-corrected chi connectivity index (χ4v) is 2.54. The Hall–Kier alpha value is -2.11. The Labute approximate surface area is 117 Å². The predicted molar refractivity (Wildman–Crippen MR) is 73.6 cm³/mol. The second kappa shape index (κ2) is 5.48. The number of phenolic OH excluding ortho intramolecular Hbond substituents is 1. The molecular formula is C14H18N2O4. The lowest BCUT2D eigenvalue weighted by molar-refractivity contribution is -0.385. The Balaban J connectivity index is 2.23. The molecule has 108 valence electrons. The fraction of sp³-hybridized carbons (Fsp3) is 0.500. The molecule has 1 fully saturated rings. The summed E-state index contributed by atoms with van der Waals surface area (Å²) in [6.07, 6.45) is 0.930. The number of nitrogens with zero attached hydrogens (tertiary/aromatic N) is 2. The van der Waals surface area contributed by atoms with Gasteiger partial charge in [0, 0.05) is 19.2 Å². The van der Waals surface area contributed by atoms with Crippen LogP contribution in [0.4, 0.5) is 5.69 Å². The van der Waals surface area contributed by atoms with Crippen LogP contribution in [0.1, 0.15) is 30.6 Å². The van der Waals surface area contributed by atoms with Crippen LogP contribution in [0, 0.1) is 22.0 Å². The first-order valence-electron chi connectivity index (χ1n) is 6.67. The summed E-state index contributed by atoms with van der Waals surface area (Å²) < 4.78 is 0. The van der Waals surface area contributed by atoms with Crippen LogP contribution in [0.15, 0.2) is 18.2 Å². The van der Waals surface area contributed by atoms with Gasteiger partial charge in [-0.3, -0.25) is 14.9 Å². The molecule has 1 aromatic carbocycles. The highest BCUT2D eigenvalue weighted by Gasteiger charge is 2.31. The maximum Gasteiger partial charge on any atom is 0.311 e.